The third kappa shape index (κ3) is 3.76. The summed E-state index contributed by atoms with van der Waals surface area (Å²) < 4.78 is 32.6. The molecule has 2 heterocycles. The predicted molar refractivity (Wildman–Crippen MR) is 106 cm³/mol. The molecule has 0 unspecified atom stereocenters. The molecule has 1 aromatic heterocycles. The Bertz CT molecular complexity index is 1090. The van der Waals surface area contributed by atoms with Crippen LogP contribution >= 0.6 is 0 Å². The Morgan fingerprint density at radius 3 is 2.72 bits per heavy atom. The Morgan fingerprint density at radius 2 is 1.93 bits per heavy atom. The number of pyridine rings is 1. The number of aryl methyl sites for hydroxylation is 2. The van der Waals surface area contributed by atoms with Gasteiger partial charge in [0, 0.05) is 24.0 Å². The van der Waals surface area contributed by atoms with Gasteiger partial charge in [-0.3, -0.25) is 0 Å². The van der Waals surface area contributed by atoms with E-state index >= 15 is 0 Å². The summed E-state index contributed by atoms with van der Waals surface area (Å²) in [6.45, 7) is 2.45. The number of rotatable bonds is 3. The van der Waals surface area contributed by atoms with Crippen LogP contribution in [-0.4, -0.2) is 22.6 Å². The zero-order valence-corrected chi connectivity index (χ0v) is 15.8. The van der Waals surface area contributed by atoms with Crippen LogP contribution in [0.15, 0.2) is 59.8 Å². The van der Waals surface area contributed by atoms with Gasteiger partial charge in [-0.25, -0.2) is 13.8 Å². The Labute approximate surface area is 166 Å². The van der Waals surface area contributed by atoms with Crippen LogP contribution < -0.4 is 9.64 Å². The second-order valence-electron chi connectivity index (χ2n) is 6.79. The minimum Gasteiger partial charge on any atom is -0.438 e. The minimum atomic E-state index is -1.02. The highest BCUT2D eigenvalue weighted by Crippen LogP contribution is 2.32. The summed E-state index contributed by atoms with van der Waals surface area (Å²) in [5.74, 6) is -1.45. The van der Waals surface area contributed by atoms with Crippen LogP contribution in [0.2, 0.25) is 0 Å². The summed E-state index contributed by atoms with van der Waals surface area (Å²) in [5.41, 5.74) is 3.22. The predicted octanol–water partition coefficient (Wildman–Crippen LogP) is 5.05. The second kappa shape index (κ2) is 7.87. The first-order chi connectivity index (χ1) is 14.1. The standard InChI is InChI=1S/C22H19F2N3O2/c1-14-8-10-17(22(25-14)29-16-9-11-18(23)19(24)13-16)21(26-28)27-12-4-6-15-5-2-3-7-20(15)27/h2-3,5,7-11,13,28H,4,6,12H2,1H3/b26-21-. The lowest BCUT2D eigenvalue weighted by Crippen LogP contribution is -2.36. The molecule has 1 aliphatic heterocycles. The number of ether oxygens (including phenoxy) is 1. The van der Waals surface area contributed by atoms with Crippen molar-refractivity contribution < 1.29 is 18.7 Å². The molecule has 0 saturated heterocycles. The van der Waals surface area contributed by atoms with Crippen molar-refractivity contribution in [2.75, 3.05) is 11.4 Å². The summed E-state index contributed by atoms with van der Waals surface area (Å²) in [6.07, 6.45) is 1.84. The molecule has 5 nitrogen and oxygen atoms in total. The monoisotopic (exact) mass is 395 g/mol. The molecule has 29 heavy (non-hydrogen) atoms. The van der Waals surface area contributed by atoms with E-state index in [0.717, 1.165) is 36.2 Å². The van der Waals surface area contributed by atoms with E-state index in [4.69, 9.17) is 4.74 Å². The van der Waals surface area contributed by atoms with E-state index in [2.05, 4.69) is 10.1 Å². The van der Waals surface area contributed by atoms with Gasteiger partial charge in [-0.05, 0) is 55.7 Å². The van der Waals surface area contributed by atoms with Crippen LogP contribution in [0.25, 0.3) is 0 Å². The number of benzene rings is 2. The average Bonchev–Trinajstić information content (AvgIpc) is 2.73. The lowest BCUT2D eigenvalue weighted by molar-refractivity contribution is 0.317. The SMILES string of the molecule is Cc1ccc(/C(=N/O)N2CCCc3ccccc32)c(Oc2ccc(F)c(F)c2)n1. The van der Waals surface area contributed by atoms with E-state index in [9.17, 15) is 14.0 Å². The second-order valence-corrected chi connectivity index (χ2v) is 6.79. The van der Waals surface area contributed by atoms with Gasteiger partial charge in [0.15, 0.2) is 17.5 Å². The molecule has 1 N–H and O–H groups in total. The average molecular weight is 395 g/mol. The van der Waals surface area contributed by atoms with Gasteiger partial charge in [0.25, 0.3) is 0 Å². The van der Waals surface area contributed by atoms with Crippen LogP contribution in [-0.2, 0) is 6.42 Å². The van der Waals surface area contributed by atoms with E-state index in [-0.39, 0.29) is 17.5 Å². The highest BCUT2D eigenvalue weighted by atomic mass is 19.2. The van der Waals surface area contributed by atoms with Crippen molar-refractivity contribution in [1.82, 2.24) is 4.98 Å². The van der Waals surface area contributed by atoms with Gasteiger partial charge in [0.1, 0.15) is 5.75 Å². The Hall–Kier alpha value is -3.48. The van der Waals surface area contributed by atoms with Crippen molar-refractivity contribution >= 4 is 11.5 Å². The van der Waals surface area contributed by atoms with Crippen molar-refractivity contribution in [2.45, 2.75) is 19.8 Å². The number of fused-ring (bicyclic) bond motifs is 1. The number of aromatic nitrogens is 1. The normalized spacial score (nSPS) is 13.9. The number of nitrogens with zero attached hydrogens (tertiary/aromatic N) is 3. The first-order valence-corrected chi connectivity index (χ1v) is 9.25. The molecule has 1 aliphatic rings. The van der Waals surface area contributed by atoms with Gasteiger partial charge in [0.2, 0.25) is 5.88 Å². The van der Waals surface area contributed by atoms with Crippen LogP contribution in [0.1, 0.15) is 23.2 Å². The Kier molecular flexibility index (Phi) is 5.12. The lowest BCUT2D eigenvalue weighted by Gasteiger charge is -2.31. The summed E-state index contributed by atoms with van der Waals surface area (Å²) in [5, 5.41) is 13.4. The molecule has 0 radical (unpaired) electrons. The fourth-order valence-electron chi connectivity index (χ4n) is 3.44. The molecule has 2 aromatic carbocycles. The highest BCUT2D eigenvalue weighted by molar-refractivity contribution is 6.11. The molecule has 7 heteroatoms. The highest BCUT2D eigenvalue weighted by Gasteiger charge is 2.25. The number of amidine groups is 1. The Balaban J connectivity index is 1.75. The van der Waals surface area contributed by atoms with Crippen LogP contribution in [0.4, 0.5) is 14.5 Å². The van der Waals surface area contributed by atoms with Gasteiger partial charge in [0.05, 0.1) is 5.56 Å². The van der Waals surface area contributed by atoms with E-state index in [0.29, 0.717) is 17.8 Å². The summed E-state index contributed by atoms with van der Waals surface area (Å²) >= 11 is 0. The van der Waals surface area contributed by atoms with Crippen LogP contribution in [0.5, 0.6) is 11.6 Å². The molecular weight excluding hydrogens is 376 g/mol. The maximum absolute atomic E-state index is 13.6. The number of hydrogen-bond donors (Lipinski definition) is 1. The lowest BCUT2D eigenvalue weighted by atomic mass is 10.0. The number of oxime groups is 1. The number of hydrogen-bond acceptors (Lipinski definition) is 4. The van der Waals surface area contributed by atoms with Crippen molar-refractivity contribution in [3.8, 4) is 11.6 Å². The topological polar surface area (TPSA) is 58.0 Å². The molecule has 148 valence electrons. The largest absolute Gasteiger partial charge is 0.438 e. The maximum atomic E-state index is 13.6. The molecule has 0 bridgehead atoms. The molecule has 0 fully saturated rings. The van der Waals surface area contributed by atoms with Gasteiger partial charge in [-0.15, -0.1) is 0 Å². The van der Waals surface area contributed by atoms with Crippen LogP contribution in [0.3, 0.4) is 0 Å². The van der Waals surface area contributed by atoms with Gasteiger partial charge in [-0.2, -0.15) is 0 Å². The van der Waals surface area contributed by atoms with Gasteiger partial charge >= 0.3 is 0 Å². The fraction of sp³-hybridized carbons (Fsp3) is 0.182. The smallest absolute Gasteiger partial charge is 0.230 e. The van der Waals surface area contributed by atoms with Crippen molar-refractivity contribution in [2.24, 2.45) is 5.16 Å². The first-order valence-electron chi connectivity index (χ1n) is 9.25. The molecule has 0 aliphatic carbocycles. The molecule has 3 aromatic rings. The third-order valence-electron chi connectivity index (χ3n) is 4.81. The number of anilines is 1. The van der Waals surface area contributed by atoms with Gasteiger partial charge < -0.3 is 14.8 Å². The van der Waals surface area contributed by atoms with E-state index in [1.807, 2.05) is 29.2 Å². The number of para-hydroxylation sites is 1. The van der Waals surface area contributed by atoms with E-state index in [1.54, 1.807) is 19.1 Å². The third-order valence-corrected chi connectivity index (χ3v) is 4.81. The van der Waals surface area contributed by atoms with Gasteiger partial charge in [-0.1, -0.05) is 23.4 Å². The van der Waals surface area contributed by atoms with Crippen molar-refractivity contribution in [3.05, 3.63) is 83.1 Å². The molecule has 0 atom stereocenters. The number of halogens is 2. The fourth-order valence-corrected chi connectivity index (χ4v) is 3.44. The van der Waals surface area contributed by atoms with E-state index < -0.39 is 11.6 Å². The minimum absolute atomic E-state index is 0.0968. The Morgan fingerprint density at radius 1 is 1.10 bits per heavy atom. The zero-order valence-electron chi connectivity index (χ0n) is 15.8. The van der Waals surface area contributed by atoms with Crippen LogP contribution in [0, 0.1) is 18.6 Å². The summed E-state index contributed by atoms with van der Waals surface area (Å²) in [4.78, 5) is 6.29. The zero-order chi connectivity index (χ0) is 20.4. The van der Waals surface area contributed by atoms with Crippen molar-refractivity contribution in [3.63, 3.8) is 0 Å². The summed E-state index contributed by atoms with van der Waals surface area (Å²) in [7, 11) is 0. The molecule has 0 spiro atoms. The molecule has 0 saturated carbocycles. The van der Waals surface area contributed by atoms with Crippen molar-refractivity contribution in [1.29, 1.82) is 0 Å². The molecular formula is C22H19F2N3O2. The maximum Gasteiger partial charge on any atom is 0.230 e. The van der Waals surface area contributed by atoms with E-state index in [1.165, 1.54) is 6.07 Å². The molecule has 0 amide bonds. The quantitative estimate of drug-likeness (QED) is 0.292. The first kappa shape index (κ1) is 18.9. The summed E-state index contributed by atoms with van der Waals surface area (Å²) in [6, 6.07) is 14.7. The molecule has 4 rings (SSSR count).